The minimum Gasteiger partial charge on any atom is -0.452 e. The Balaban J connectivity index is 1.92. The first-order chi connectivity index (χ1) is 11.5. The molecule has 5 nitrogen and oxygen atoms in total. The summed E-state index contributed by atoms with van der Waals surface area (Å²) in [7, 11) is 1.69. The zero-order valence-electron chi connectivity index (χ0n) is 14.0. The molecule has 0 aliphatic heterocycles. The van der Waals surface area contributed by atoms with Crippen molar-refractivity contribution in [2.45, 2.75) is 18.5 Å². The van der Waals surface area contributed by atoms with Crippen LogP contribution in [0.4, 0.5) is 0 Å². The highest BCUT2D eigenvalue weighted by atomic mass is 32.2. The largest absolute Gasteiger partial charge is 0.452 e. The lowest BCUT2D eigenvalue weighted by Crippen LogP contribution is -2.31. The summed E-state index contributed by atoms with van der Waals surface area (Å²) in [6, 6.07) is 11.2. The van der Waals surface area contributed by atoms with Crippen molar-refractivity contribution in [3.63, 3.8) is 0 Å². The van der Waals surface area contributed by atoms with Crippen LogP contribution in [0.2, 0.25) is 0 Å². The van der Waals surface area contributed by atoms with Crippen molar-refractivity contribution in [1.29, 1.82) is 0 Å². The van der Waals surface area contributed by atoms with Gasteiger partial charge < -0.3 is 9.64 Å². The van der Waals surface area contributed by atoms with Gasteiger partial charge in [0.15, 0.2) is 6.61 Å². The fourth-order valence-corrected chi connectivity index (χ4v) is 2.69. The van der Waals surface area contributed by atoms with E-state index < -0.39 is 5.97 Å². The molecule has 0 aliphatic rings. The van der Waals surface area contributed by atoms with Gasteiger partial charge in [0.25, 0.3) is 5.91 Å². The van der Waals surface area contributed by atoms with Crippen LogP contribution in [0.3, 0.4) is 0 Å². The van der Waals surface area contributed by atoms with E-state index in [0.29, 0.717) is 17.1 Å². The number of aromatic nitrogens is 1. The molecule has 0 atom stereocenters. The van der Waals surface area contributed by atoms with Crippen LogP contribution in [0.15, 0.2) is 47.6 Å². The van der Waals surface area contributed by atoms with Gasteiger partial charge in [-0.05, 0) is 36.4 Å². The number of hydrogen-bond acceptors (Lipinski definition) is 5. The van der Waals surface area contributed by atoms with E-state index in [-0.39, 0.29) is 12.5 Å². The molecule has 126 valence electrons. The van der Waals surface area contributed by atoms with Crippen LogP contribution in [-0.2, 0) is 16.1 Å². The minimum absolute atomic E-state index is 0.249. The molecule has 0 saturated carbocycles. The first-order valence-corrected chi connectivity index (χ1v) is 8.70. The summed E-state index contributed by atoms with van der Waals surface area (Å²) in [6.45, 7) is 2.19. The smallest absolute Gasteiger partial charge is 0.341 e. The highest BCUT2D eigenvalue weighted by molar-refractivity contribution is 7.98. The predicted octanol–water partition coefficient (Wildman–Crippen LogP) is 2.93. The summed E-state index contributed by atoms with van der Waals surface area (Å²) in [5.41, 5.74) is 2.56. The van der Waals surface area contributed by atoms with Gasteiger partial charge in [-0.1, -0.05) is 24.3 Å². The number of nitrogens with zero attached hydrogens (tertiary/aromatic N) is 2. The van der Waals surface area contributed by atoms with Crippen molar-refractivity contribution in [2.24, 2.45) is 0 Å². The Morgan fingerprint density at radius 2 is 1.96 bits per heavy atom. The van der Waals surface area contributed by atoms with Crippen LogP contribution in [0, 0.1) is 6.92 Å². The summed E-state index contributed by atoms with van der Waals surface area (Å²) in [5, 5.41) is 0.586. The Labute approximate surface area is 146 Å². The number of thioether (sulfide) groups is 1. The fourth-order valence-electron chi connectivity index (χ4n) is 2.16. The average molecular weight is 344 g/mol. The van der Waals surface area contributed by atoms with E-state index in [1.54, 1.807) is 30.3 Å². The first-order valence-electron chi connectivity index (χ1n) is 7.47. The van der Waals surface area contributed by atoms with E-state index in [1.807, 2.05) is 37.4 Å². The number of esters is 1. The molecule has 0 saturated heterocycles. The lowest BCUT2D eigenvalue weighted by atomic mass is 10.1. The first kappa shape index (κ1) is 18.0. The van der Waals surface area contributed by atoms with E-state index in [4.69, 9.17) is 4.74 Å². The number of benzene rings is 1. The van der Waals surface area contributed by atoms with E-state index in [2.05, 4.69) is 4.98 Å². The maximum Gasteiger partial charge on any atom is 0.341 e. The number of likely N-dealkylation sites (N-methyl/N-ethyl adjacent to an activating group) is 1. The maximum absolute atomic E-state index is 12.2. The Morgan fingerprint density at radius 3 is 2.67 bits per heavy atom. The van der Waals surface area contributed by atoms with E-state index >= 15 is 0 Å². The van der Waals surface area contributed by atoms with E-state index in [0.717, 1.165) is 11.1 Å². The van der Waals surface area contributed by atoms with Crippen molar-refractivity contribution < 1.29 is 14.3 Å². The molecule has 6 heteroatoms. The Morgan fingerprint density at radius 1 is 1.21 bits per heavy atom. The van der Waals surface area contributed by atoms with E-state index in [9.17, 15) is 9.59 Å². The molecule has 0 aliphatic carbocycles. The molecule has 0 unspecified atom stereocenters. The van der Waals surface area contributed by atoms with Gasteiger partial charge in [0.1, 0.15) is 5.03 Å². The third-order valence-corrected chi connectivity index (χ3v) is 4.32. The van der Waals surface area contributed by atoms with Gasteiger partial charge in [-0.2, -0.15) is 0 Å². The second-order valence-electron chi connectivity index (χ2n) is 5.31. The van der Waals surface area contributed by atoms with Gasteiger partial charge in [-0.3, -0.25) is 4.79 Å². The SMILES string of the molecule is CSc1ncccc1C(=O)OCC(=O)N(C)Cc1ccccc1C. The lowest BCUT2D eigenvalue weighted by Gasteiger charge is -2.18. The number of rotatable bonds is 6. The molecule has 24 heavy (non-hydrogen) atoms. The highest BCUT2D eigenvalue weighted by Crippen LogP contribution is 2.17. The average Bonchev–Trinajstić information content (AvgIpc) is 2.61. The van der Waals surface area contributed by atoms with Crippen molar-refractivity contribution in [2.75, 3.05) is 19.9 Å². The van der Waals surface area contributed by atoms with Crippen molar-refractivity contribution in [1.82, 2.24) is 9.88 Å². The minimum atomic E-state index is -0.537. The third-order valence-electron chi connectivity index (χ3n) is 3.61. The summed E-state index contributed by atoms with van der Waals surface area (Å²) in [4.78, 5) is 30.0. The van der Waals surface area contributed by atoms with Gasteiger partial charge >= 0.3 is 5.97 Å². The molecule has 0 bridgehead atoms. The number of hydrogen-bond donors (Lipinski definition) is 0. The molecule has 0 radical (unpaired) electrons. The van der Waals surface area contributed by atoms with Gasteiger partial charge in [0.05, 0.1) is 5.56 Å². The summed E-state index contributed by atoms with van der Waals surface area (Å²) >= 11 is 1.36. The van der Waals surface area contributed by atoms with Crippen molar-refractivity contribution in [3.05, 3.63) is 59.3 Å². The Kier molecular flexibility index (Phi) is 6.37. The molecule has 1 aromatic carbocycles. The van der Waals surface area contributed by atoms with Gasteiger partial charge in [0, 0.05) is 19.8 Å². The van der Waals surface area contributed by atoms with Gasteiger partial charge in [-0.25, -0.2) is 9.78 Å². The summed E-state index contributed by atoms with van der Waals surface area (Å²) in [5.74, 6) is -0.786. The van der Waals surface area contributed by atoms with Crippen molar-refractivity contribution >= 4 is 23.6 Å². The van der Waals surface area contributed by atoms with Crippen LogP contribution in [0.1, 0.15) is 21.5 Å². The second kappa shape index (κ2) is 8.49. The molecular weight excluding hydrogens is 324 g/mol. The number of aryl methyl sites for hydroxylation is 1. The maximum atomic E-state index is 12.2. The molecule has 1 heterocycles. The summed E-state index contributed by atoms with van der Waals surface area (Å²) in [6.07, 6.45) is 3.45. The Hall–Kier alpha value is -2.34. The molecule has 1 amide bonds. The van der Waals surface area contributed by atoms with Crippen LogP contribution < -0.4 is 0 Å². The van der Waals surface area contributed by atoms with Gasteiger partial charge in [-0.15, -0.1) is 11.8 Å². The zero-order valence-corrected chi connectivity index (χ0v) is 14.8. The monoisotopic (exact) mass is 344 g/mol. The Bertz CT molecular complexity index is 734. The topological polar surface area (TPSA) is 59.5 Å². The predicted molar refractivity (Wildman–Crippen MR) is 94.0 cm³/mol. The molecular formula is C18H20N2O3S. The summed E-state index contributed by atoms with van der Waals surface area (Å²) < 4.78 is 5.14. The van der Waals surface area contributed by atoms with E-state index in [1.165, 1.54) is 11.8 Å². The quantitative estimate of drug-likeness (QED) is 0.596. The number of pyridine rings is 1. The number of ether oxygens (including phenoxy) is 1. The highest BCUT2D eigenvalue weighted by Gasteiger charge is 2.17. The second-order valence-corrected chi connectivity index (χ2v) is 6.11. The molecule has 0 fully saturated rings. The fraction of sp³-hybridized carbons (Fsp3) is 0.278. The molecule has 2 rings (SSSR count). The lowest BCUT2D eigenvalue weighted by molar-refractivity contribution is -0.133. The van der Waals surface area contributed by atoms with Crippen molar-refractivity contribution in [3.8, 4) is 0 Å². The standard InChI is InChI=1S/C18H20N2O3S/c1-13-7-4-5-8-14(13)11-20(2)16(21)12-23-18(22)15-9-6-10-19-17(15)24-3/h4-10H,11-12H2,1-3H3. The molecule has 0 spiro atoms. The van der Waals surface area contributed by atoms with Crippen LogP contribution in [0.25, 0.3) is 0 Å². The van der Waals surface area contributed by atoms with Crippen LogP contribution >= 0.6 is 11.8 Å². The number of carbonyl (C=O) groups excluding carboxylic acids is 2. The van der Waals surface area contributed by atoms with Crippen LogP contribution in [-0.4, -0.2) is 41.7 Å². The molecule has 0 N–H and O–H groups in total. The third kappa shape index (κ3) is 4.58. The number of carbonyl (C=O) groups is 2. The van der Waals surface area contributed by atoms with Crippen LogP contribution in [0.5, 0.6) is 0 Å². The zero-order chi connectivity index (χ0) is 17.5. The molecule has 1 aromatic heterocycles. The molecule has 2 aromatic rings. The normalized spacial score (nSPS) is 10.3. The van der Waals surface area contributed by atoms with Gasteiger partial charge in [0.2, 0.25) is 0 Å². The number of amides is 1.